The zero-order valence-corrected chi connectivity index (χ0v) is 20.9. The monoisotopic (exact) mass is 512 g/mol. The van der Waals surface area contributed by atoms with Gasteiger partial charge in [0.05, 0.1) is 28.0 Å². The maximum atomic E-state index is 13.3. The van der Waals surface area contributed by atoms with Crippen LogP contribution in [-0.2, 0) is 16.1 Å². The van der Waals surface area contributed by atoms with Crippen LogP contribution in [0.15, 0.2) is 65.8 Å². The van der Waals surface area contributed by atoms with Crippen molar-refractivity contribution in [1.82, 2.24) is 9.88 Å². The molecular weight excluding hydrogens is 491 g/mol. The average Bonchev–Trinajstić information content (AvgIpc) is 3.08. The lowest BCUT2D eigenvalue weighted by Gasteiger charge is -2.16. The number of amidine groups is 1. The summed E-state index contributed by atoms with van der Waals surface area (Å²) in [6.45, 7) is 4.13. The van der Waals surface area contributed by atoms with Crippen LogP contribution < -0.4 is 5.32 Å². The van der Waals surface area contributed by atoms with Gasteiger partial charge in [-0.2, -0.15) is 0 Å². The minimum atomic E-state index is -0.602. The number of nitrogens with zero attached hydrogens (tertiary/aromatic N) is 3. The van der Waals surface area contributed by atoms with Gasteiger partial charge < -0.3 is 5.32 Å². The smallest absolute Gasteiger partial charge is 0.243 e. The third-order valence-corrected chi connectivity index (χ3v) is 7.22. The highest BCUT2D eigenvalue weighted by Crippen LogP contribution is 2.34. The number of aliphatic imine (C=N–C) groups is 1. The molecule has 34 heavy (non-hydrogen) atoms. The Labute approximate surface area is 212 Å². The zero-order valence-electron chi connectivity index (χ0n) is 18.6. The third-order valence-electron chi connectivity index (χ3n) is 5.31. The van der Waals surface area contributed by atoms with Crippen LogP contribution in [0.5, 0.6) is 0 Å². The number of aryl methyl sites for hydroxylation is 2. The fraction of sp³-hybridized carbons (Fsp3) is 0.200. The maximum Gasteiger partial charge on any atom is 0.243 e. The van der Waals surface area contributed by atoms with Crippen molar-refractivity contribution < 1.29 is 9.59 Å². The lowest BCUT2D eigenvalue weighted by atomic mass is 10.1. The number of aromatic nitrogens is 1. The van der Waals surface area contributed by atoms with Crippen molar-refractivity contribution >= 4 is 63.3 Å². The molecule has 1 aliphatic rings. The second kappa shape index (κ2) is 10.6. The Kier molecular flexibility index (Phi) is 7.56. The first-order chi connectivity index (χ1) is 16.3. The number of thioether (sulfide) groups is 1. The number of para-hydroxylation sites is 1. The molecular formula is C25H22Cl2N4O2S. The predicted molar refractivity (Wildman–Crippen MR) is 139 cm³/mol. The van der Waals surface area contributed by atoms with E-state index < -0.39 is 5.25 Å². The molecule has 2 amide bonds. The SMILES string of the molecule is Cc1cccc(C)c1NC(=O)C[C@@H]1SC(=Nc2ccc(Cl)c(Cl)c2)N(Cc2ccccn2)C1=O. The number of halogens is 2. The van der Waals surface area contributed by atoms with Crippen LogP contribution in [0, 0.1) is 13.8 Å². The molecule has 6 nitrogen and oxygen atoms in total. The number of anilines is 1. The van der Waals surface area contributed by atoms with Crippen LogP contribution in [0.4, 0.5) is 11.4 Å². The number of benzene rings is 2. The molecule has 1 N–H and O–H groups in total. The fourth-order valence-electron chi connectivity index (χ4n) is 3.56. The second-order valence-electron chi connectivity index (χ2n) is 7.86. The Bertz CT molecular complexity index is 1250. The van der Waals surface area contributed by atoms with Crippen LogP contribution in [0.25, 0.3) is 0 Å². The number of hydrogen-bond donors (Lipinski definition) is 1. The first kappa shape index (κ1) is 24.3. The lowest BCUT2D eigenvalue weighted by molar-refractivity contribution is -0.128. The summed E-state index contributed by atoms with van der Waals surface area (Å²) in [5.41, 5.74) is 4.00. The highest BCUT2D eigenvalue weighted by molar-refractivity contribution is 8.15. The summed E-state index contributed by atoms with van der Waals surface area (Å²) in [4.78, 5) is 36.7. The van der Waals surface area contributed by atoms with Gasteiger partial charge in [0.25, 0.3) is 0 Å². The second-order valence-corrected chi connectivity index (χ2v) is 9.85. The zero-order chi connectivity index (χ0) is 24.2. The molecule has 0 saturated carbocycles. The van der Waals surface area contributed by atoms with Crippen molar-refractivity contribution in [3.05, 3.63) is 87.7 Å². The summed E-state index contributed by atoms with van der Waals surface area (Å²) in [5.74, 6) is -0.414. The third kappa shape index (κ3) is 5.60. The molecule has 4 rings (SSSR count). The number of rotatable bonds is 6. The van der Waals surface area contributed by atoms with Crippen molar-refractivity contribution in [2.24, 2.45) is 4.99 Å². The van der Waals surface area contributed by atoms with Gasteiger partial charge in [-0.15, -0.1) is 0 Å². The summed E-state index contributed by atoms with van der Waals surface area (Å²) in [5, 5.41) is 3.64. The van der Waals surface area contributed by atoms with E-state index in [1.165, 1.54) is 11.8 Å². The Morgan fingerprint density at radius 3 is 2.53 bits per heavy atom. The van der Waals surface area contributed by atoms with Crippen LogP contribution >= 0.6 is 35.0 Å². The van der Waals surface area contributed by atoms with Crippen molar-refractivity contribution in [3.8, 4) is 0 Å². The Hall–Kier alpha value is -2.87. The van der Waals surface area contributed by atoms with Gasteiger partial charge in [-0.25, -0.2) is 4.99 Å². The number of carbonyl (C=O) groups is 2. The molecule has 1 atom stereocenters. The Morgan fingerprint density at radius 2 is 1.85 bits per heavy atom. The van der Waals surface area contributed by atoms with Crippen molar-refractivity contribution in [3.63, 3.8) is 0 Å². The molecule has 0 aliphatic carbocycles. The van der Waals surface area contributed by atoms with Crippen LogP contribution in [0.2, 0.25) is 10.0 Å². The minimum absolute atomic E-state index is 0.0242. The van der Waals surface area contributed by atoms with Gasteiger partial charge >= 0.3 is 0 Å². The molecule has 1 aliphatic heterocycles. The summed E-state index contributed by atoms with van der Waals surface area (Å²) in [6, 6.07) is 16.4. The van der Waals surface area contributed by atoms with E-state index in [1.54, 1.807) is 29.3 Å². The van der Waals surface area contributed by atoms with Gasteiger partial charge in [0, 0.05) is 18.3 Å². The van der Waals surface area contributed by atoms with E-state index in [4.69, 9.17) is 23.2 Å². The van der Waals surface area contributed by atoms with Gasteiger partial charge in [0.15, 0.2) is 5.17 Å². The number of pyridine rings is 1. The van der Waals surface area contributed by atoms with Crippen LogP contribution in [0.3, 0.4) is 0 Å². The van der Waals surface area contributed by atoms with E-state index in [2.05, 4.69) is 15.3 Å². The summed E-state index contributed by atoms with van der Waals surface area (Å²) < 4.78 is 0. The summed E-state index contributed by atoms with van der Waals surface area (Å²) in [6.07, 6.45) is 1.70. The lowest BCUT2D eigenvalue weighted by Crippen LogP contribution is -2.33. The molecule has 3 aromatic rings. The average molecular weight is 513 g/mol. The van der Waals surface area contributed by atoms with Gasteiger partial charge in [-0.3, -0.25) is 19.5 Å². The first-order valence-corrected chi connectivity index (χ1v) is 12.2. The van der Waals surface area contributed by atoms with E-state index in [9.17, 15) is 9.59 Å². The van der Waals surface area contributed by atoms with E-state index in [0.717, 1.165) is 22.5 Å². The van der Waals surface area contributed by atoms with Crippen molar-refractivity contribution in [2.45, 2.75) is 32.1 Å². The van der Waals surface area contributed by atoms with Gasteiger partial charge in [-0.05, 0) is 55.3 Å². The molecule has 1 fully saturated rings. The Balaban J connectivity index is 1.57. The van der Waals surface area contributed by atoms with E-state index >= 15 is 0 Å². The molecule has 9 heteroatoms. The first-order valence-electron chi connectivity index (χ1n) is 10.6. The molecule has 2 heterocycles. The van der Waals surface area contributed by atoms with Crippen molar-refractivity contribution in [2.75, 3.05) is 5.32 Å². The molecule has 0 bridgehead atoms. The highest BCUT2D eigenvalue weighted by Gasteiger charge is 2.39. The van der Waals surface area contributed by atoms with Gasteiger partial charge in [0.1, 0.15) is 5.25 Å². The van der Waals surface area contributed by atoms with Crippen LogP contribution in [-0.4, -0.2) is 32.1 Å². The molecule has 1 saturated heterocycles. The molecule has 1 aromatic heterocycles. The van der Waals surface area contributed by atoms with Crippen LogP contribution in [0.1, 0.15) is 23.2 Å². The molecule has 174 valence electrons. The quantitative estimate of drug-likeness (QED) is 0.428. The Morgan fingerprint density at radius 1 is 1.09 bits per heavy atom. The highest BCUT2D eigenvalue weighted by atomic mass is 35.5. The molecule has 0 radical (unpaired) electrons. The summed E-state index contributed by atoms with van der Waals surface area (Å²) >= 11 is 13.4. The predicted octanol–water partition coefficient (Wildman–Crippen LogP) is 6.17. The summed E-state index contributed by atoms with van der Waals surface area (Å²) in [7, 11) is 0. The normalized spacial score (nSPS) is 16.8. The van der Waals surface area contributed by atoms with Gasteiger partial charge in [-0.1, -0.05) is 59.2 Å². The standard InChI is InChI=1S/C25H22Cl2N4O2S/c1-15-6-5-7-16(2)23(15)30-22(32)13-21-24(33)31(14-18-8-3-4-11-28-18)25(34-21)29-17-9-10-19(26)20(27)12-17/h3-12,21H,13-14H2,1-2H3,(H,30,32)/t21-/m0/s1. The van der Waals surface area contributed by atoms with E-state index in [0.29, 0.717) is 20.9 Å². The number of amides is 2. The number of nitrogens with one attached hydrogen (secondary N) is 1. The minimum Gasteiger partial charge on any atom is -0.326 e. The topological polar surface area (TPSA) is 74.7 Å². The number of carbonyl (C=O) groups excluding carboxylic acids is 2. The molecule has 2 aromatic carbocycles. The fourth-order valence-corrected chi connectivity index (χ4v) is 5.01. The van der Waals surface area contributed by atoms with Gasteiger partial charge in [0.2, 0.25) is 11.8 Å². The number of hydrogen-bond acceptors (Lipinski definition) is 5. The molecule has 0 unspecified atom stereocenters. The maximum absolute atomic E-state index is 13.3. The largest absolute Gasteiger partial charge is 0.326 e. The molecule has 0 spiro atoms. The van der Waals surface area contributed by atoms with Crippen molar-refractivity contribution in [1.29, 1.82) is 0 Å². The van der Waals surface area contributed by atoms with E-state index in [-0.39, 0.29) is 24.8 Å². The van der Waals surface area contributed by atoms with E-state index in [1.807, 2.05) is 50.2 Å².